The van der Waals surface area contributed by atoms with E-state index in [0.717, 1.165) is 106 Å². The number of para-hydroxylation sites is 8. The molecule has 0 saturated carbocycles. The molecule has 4 heterocycles. The monoisotopic (exact) mass is 1110 g/mol. The number of rotatable bonds is 9. The van der Waals surface area contributed by atoms with Gasteiger partial charge in [-0.1, -0.05) is 169 Å². The van der Waals surface area contributed by atoms with Gasteiger partial charge in [-0.3, -0.25) is 0 Å². The van der Waals surface area contributed by atoms with Gasteiger partial charge in [-0.25, -0.2) is 0 Å². The Kier molecular flexibility index (Phi) is 11.7. The number of nitrogens with zero attached hydrogens (tertiary/aromatic N) is 5. The summed E-state index contributed by atoms with van der Waals surface area (Å²) >= 11 is 1.77. The molecule has 0 atom stereocenters. The summed E-state index contributed by atoms with van der Waals surface area (Å²) in [7, 11) is 0. The zero-order chi connectivity index (χ0) is 56.0. The van der Waals surface area contributed by atoms with E-state index in [4.69, 9.17) is 0 Å². The Bertz CT molecular complexity index is 4410. The molecule has 0 bridgehead atoms. The second-order valence-corrected chi connectivity index (χ2v) is 22.6. The van der Waals surface area contributed by atoms with Crippen LogP contribution in [-0.4, -0.2) is 13.4 Å². The van der Waals surface area contributed by atoms with E-state index in [1.165, 1.54) is 28.5 Å². The van der Waals surface area contributed by atoms with Crippen molar-refractivity contribution in [2.24, 2.45) is 0 Å². The van der Waals surface area contributed by atoms with Crippen molar-refractivity contribution in [2.75, 3.05) is 24.5 Å². The van der Waals surface area contributed by atoms with Crippen molar-refractivity contribution in [3.8, 4) is 0 Å². The van der Waals surface area contributed by atoms with Crippen LogP contribution in [0.1, 0.15) is 5.56 Å². The largest absolute Gasteiger partial charge is 0.416 e. The fourth-order valence-electron chi connectivity index (χ4n) is 13.4. The zero-order valence-electron chi connectivity index (χ0n) is 45.1. The van der Waals surface area contributed by atoms with Crippen LogP contribution in [0.2, 0.25) is 0 Å². The fraction of sp³-hybridized carbons (Fsp3) is 0.0137. The molecule has 0 N–H and O–H groups in total. The summed E-state index contributed by atoms with van der Waals surface area (Å²) in [5, 5.41) is 0. The maximum atomic E-state index is 14.7. The zero-order valence-corrected chi connectivity index (χ0v) is 46.0. The van der Waals surface area contributed by atoms with Gasteiger partial charge in [0.25, 0.3) is 6.71 Å². The summed E-state index contributed by atoms with van der Waals surface area (Å²) in [5.41, 5.74) is 20.7. The van der Waals surface area contributed by atoms with Crippen LogP contribution in [0.15, 0.2) is 301 Å². The summed E-state index contributed by atoms with van der Waals surface area (Å²) in [5.74, 6) is 0. The Morgan fingerprint density at radius 3 is 1.11 bits per heavy atom. The van der Waals surface area contributed by atoms with Crippen molar-refractivity contribution in [1.29, 1.82) is 0 Å². The fourth-order valence-corrected chi connectivity index (χ4v) is 14.6. The molecule has 12 aromatic rings. The van der Waals surface area contributed by atoms with Crippen molar-refractivity contribution >= 4 is 143 Å². The number of benzene rings is 12. The average molecular weight is 1110 g/mol. The van der Waals surface area contributed by atoms with E-state index in [9.17, 15) is 13.2 Å². The van der Waals surface area contributed by atoms with Crippen molar-refractivity contribution in [3.05, 3.63) is 297 Å². The Morgan fingerprint density at radius 1 is 0.286 bits per heavy atom. The van der Waals surface area contributed by atoms with E-state index in [1.54, 1.807) is 23.9 Å². The first-order valence-electron chi connectivity index (χ1n) is 28.2. The molecular formula is C73H48B2F3N5S. The number of hydrogen-bond acceptors (Lipinski definition) is 6. The smallest absolute Gasteiger partial charge is 0.311 e. The topological polar surface area (TPSA) is 16.2 Å². The Morgan fingerprint density at radius 2 is 0.655 bits per heavy atom. The van der Waals surface area contributed by atoms with Gasteiger partial charge in [-0.2, -0.15) is 13.2 Å². The molecule has 84 heavy (non-hydrogen) atoms. The van der Waals surface area contributed by atoms with Crippen LogP contribution in [0.3, 0.4) is 0 Å². The van der Waals surface area contributed by atoms with E-state index in [1.807, 2.05) is 18.2 Å². The van der Waals surface area contributed by atoms with E-state index in [0.29, 0.717) is 5.69 Å². The lowest BCUT2D eigenvalue weighted by molar-refractivity contribution is -0.137. The van der Waals surface area contributed by atoms with Crippen LogP contribution in [0.25, 0.3) is 0 Å². The molecule has 4 aliphatic heterocycles. The summed E-state index contributed by atoms with van der Waals surface area (Å²) in [6.07, 6.45) is -4.53. The standard InChI is InChI=1S/C73H48B2F3N5S/c76-73(77,78)49-39-41-56(42-40-49)83-65-48-69-62(75-60-36-20-22-38-64(60)82(55-33-17-6-18-34-55)68-45-58(46-70(84-69)72(68)75)80(52-27-11-3-12-28-52)53-29-13-4-14-30-53)47-61(65)74-59-35-19-21-37-63(59)81(54-31-15-5-16-32-54)66-43-57(44-67(83)71(66)74)79(50-23-7-1-8-24-50)51-25-9-2-10-26-51/h1-48H. The minimum absolute atomic E-state index is 0.184. The lowest BCUT2D eigenvalue weighted by Gasteiger charge is -2.46. The Hall–Kier alpha value is -10.1. The Labute approximate surface area is 490 Å². The van der Waals surface area contributed by atoms with Crippen LogP contribution < -0.4 is 57.3 Å². The highest BCUT2D eigenvalue weighted by molar-refractivity contribution is 8.00. The normalized spacial score (nSPS) is 13.2. The second kappa shape index (κ2) is 19.8. The third-order valence-electron chi connectivity index (χ3n) is 16.8. The lowest BCUT2D eigenvalue weighted by Crippen LogP contribution is -2.64. The van der Waals surface area contributed by atoms with Gasteiger partial charge in [0.1, 0.15) is 0 Å². The molecule has 0 saturated heterocycles. The first kappa shape index (κ1) is 49.7. The van der Waals surface area contributed by atoms with E-state index < -0.39 is 11.7 Å². The molecule has 0 unspecified atom stereocenters. The highest BCUT2D eigenvalue weighted by Crippen LogP contribution is 2.51. The molecule has 5 nitrogen and oxygen atoms in total. The number of halogens is 3. The van der Waals surface area contributed by atoms with Crippen LogP contribution in [0.5, 0.6) is 0 Å². The maximum Gasteiger partial charge on any atom is 0.416 e. The first-order chi connectivity index (χ1) is 41.3. The highest BCUT2D eigenvalue weighted by atomic mass is 32.2. The second-order valence-electron chi connectivity index (χ2n) is 21.5. The molecule has 0 spiro atoms. The quantitative estimate of drug-likeness (QED) is 0.133. The van der Waals surface area contributed by atoms with Gasteiger partial charge in [-0.15, -0.1) is 0 Å². The number of fused-ring (bicyclic) bond motifs is 8. The van der Waals surface area contributed by atoms with Crippen LogP contribution in [0, 0.1) is 0 Å². The first-order valence-corrected chi connectivity index (χ1v) is 29.0. The third kappa shape index (κ3) is 8.05. The SMILES string of the molecule is FC(F)(F)c1ccc(N2c3cc4c(cc3B3c5ccccc5N(c5ccccc5)c5cc(N(c6ccccc6)c6ccccc6)cc2c53)B2c3ccccc3N(c3ccccc3)c3cc(N(c5ccccc5)c5ccccc5)cc(c32)S4)cc1. The molecule has 0 aromatic heterocycles. The molecule has 12 aromatic carbocycles. The van der Waals surface area contributed by atoms with Gasteiger partial charge in [0, 0.05) is 89.4 Å². The minimum atomic E-state index is -4.53. The van der Waals surface area contributed by atoms with Gasteiger partial charge >= 0.3 is 6.18 Å². The lowest BCUT2D eigenvalue weighted by atomic mass is 9.31. The van der Waals surface area contributed by atoms with Crippen LogP contribution in [-0.2, 0) is 6.18 Å². The molecule has 11 heteroatoms. The van der Waals surface area contributed by atoms with Gasteiger partial charge in [-0.05, 0) is 167 Å². The van der Waals surface area contributed by atoms with Crippen molar-refractivity contribution in [3.63, 3.8) is 0 Å². The van der Waals surface area contributed by atoms with Crippen LogP contribution >= 0.6 is 11.8 Å². The molecule has 0 fully saturated rings. The molecule has 0 aliphatic carbocycles. The molecule has 16 rings (SSSR count). The van der Waals surface area contributed by atoms with Gasteiger partial charge in [0.2, 0.25) is 6.71 Å². The summed E-state index contributed by atoms with van der Waals surface area (Å²) in [6, 6.07) is 100. The summed E-state index contributed by atoms with van der Waals surface area (Å²) in [4.78, 5) is 13.8. The third-order valence-corrected chi connectivity index (χ3v) is 17.9. The molecule has 4 aliphatic rings. The van der Waals surface area contributed by atoms with Crippen molar-refractivity contribution in [2.45, 2.75) is 16.0 Å². The maximum absolute atomic E-state index is 14.7. The summed E-state index contributed by atoms with van der Waals surface area (Å²) in [6.45, 7) is -0.470. The summed E-state index contributed by atoms with van der Waals surface area (Å²) < 4.78 is 44.1. The van der Waals surface area contributed by atoms with Crippen molar-refractivity contribution < 1.29 is 13.2 Å². The van der Waals surface area contributed by atoms with Gasteiger partial charge < -0.3 is 24.5 Å². The van der Waals surface area contributed by atoms with Crippen molar-refractivity contribution in [1.82, 2.24) is 0 Å². The number of alkyl halides is 3. The molecule has 0 radical (unpaired) electrons. The van der Waals surface area contributed by atoms with E-state index in [2.05, 4.69) is 273 Å². The molecule has 0 amide bonds. The van der Waals surface area contributed by atoms with E-state index in [-0.39, 0.29) is 13.4 Å². The molecular weight excluding hydrogens is 1060 g/mol. The number of hydrogen-bond donors (Lipinski definition) is 0. The van der Waals surface area contributed by atoms with Crippen LogP contribution in [0.4, 0.5) is 98.5 Å². The number of anilines is 15. The minimum Gasteiger partial charge on any atom is -0.311 e. The average Bonchev–Trinajstić information content (AvgIpc) is 0.744. The Balaban J connectivity index is 0.991. The van der Waals surface area contributed by atoms with Gasteiger partial charge in [0.15, 0.2) is 0 Å². The van der Waals surface area contributed by atoms with Gasteiger partial charge in [0.05, 0.1) is 11.3 Å². The predicted octanol–water partition coefficient (Wildman–Crippen LogP) is 16.5. The molecule has 398 valence electrons. The highest BCUT2D eigenvalue weighted by Gasteiger charge is 2.48. The predicted molar refractivity (Wildman–Crippen MR) is 345 cm³/mol. The van der Waals surface area contributed by atoms with E-state index >= 15 is 0 Å².